The lowest BCUT2D eigenvalue weighted by Crippen LogP contribution is -2.36. The van der Waals surface area contributed by atoms with Crippen molar-refractivity contribution in [1.29, 1.82) is 0 Å². The third kappa shape index (κ3) is 4.50. The normalized spacial score (nSPS) is 14.1. The van der Waals surface area contributed by atoms with Crippen molar-refractivity contribution in [2.45, 2.75) is 6.42 Å². The molecule has 1 aliphatic heterocycles. The zero-order valence-electron chi connectivity index (χ0n) is 14.0. The number of ether oxygens (including phenoxy) is 1. The number of nitro benzene ring substituents is 1. The summed E-state index contributed by atoms with van der Waals surface area (Å²) in [5.41, 5.74) is 1.71. The van der Waals surface area contributed by atoms with Crippen molar-refractivity contribution >= 4 is 34.6 Å². The van der Waals surface area contributed by atoms with Crippen LogP contribution in [0, 0.1) is 10.1 Å². The average Bonchev–Trinajstić information content (AvgIpc) is 2.64. The number of hydrogen-bond acceptors (Lipinski definition) is 5. The smallest absolute Gasteiger partial charge is 0.294 e. The van der Waals surface area contributed by atoms with E-state index in [1.54, 1.807) is 36.4 Å². The van der Waals surface area contributed by atoms with Crippen LogP contribution in [0.5, 0.6) is 0 Å². The molecule has 1 amide bonds. The molecule has 0 aromatic heterocycles. The van der Waals surface area contributed by atoms with E-state index in [9.17, 15) is 14.9 Å². The summed E-state index contributed by atoms with van der Waals surface area (Å²) < 4.78 is 5.29. The number of rotatable bonds is 5. The van der Waals surface area contributed by atoms with Crippen molar-refractivity contribution < 1.29 is 14.5 Å². The summed E-state index contributed by atoms with van der Waals surface area (Å²) in [4.78, 5) is 25.1. The molecule has 26 heavy (non-hydrogen) atoms. The van der Waals surface area contributed by atoms with Crippen LogP contribution in [0.25, 0.3) is 0 Å². The molecular formula is C18H18ClN3O4. The van der Waals surface area contributed by atoms with E-state index in [0.717, 1.165) is 5.56 Å². The monoisotopic (exact) mass is 375 g/mol. The Morgan fingerprint density at radius 3 is 2.54 bits per heavy atom. The highest BCUT2D eigenvalue weighted by atomic mass is 35.5. The van der Waals surface area contributed by atoms with E-state index in [4.69, 9.17) is 16.3 Å². The fourth-order valence-electron chi connectivity index (χ4n) is 2.81. The number of nitro groups is 1. The van der Waals surface area contributed by atoms with Gasteiger partial charge in [-0.25, -0.2) is 0 Å². The molecule has 0 saturated carbocycles. The number of halogens is 1. The third-order valence-corrected chi connectivity index (χ3v) is 4.34. The van der Waals surface area contributed by atoms with Gasteiger partial charge in [0.05, 0.1) is 24.6 Å². The first-order valence-corrected chi connectivity index (χ1v) is 8.56. The molecule has 136 valence electrons. The Kier molecular flexibility index (Phi) is 5.70. The lowest BCUT2D eigenvalue weighted by molar-refractivity contribution is -0.384. The van der Waals surface area contributed by atoms with Crippen LogP contribution in [0.15, 0.2) is 42.5 Å². The van der Waals surface area contributed by atoms with E-state index in [1.165, 1.54) is 6.07 Å². The topological polar surface area (TPSA) is 84.7 Å². The number of carbonyl (C=O) groups excluding carboxylic acids is 1. The van der Waals surface area contributed by atoms with Crippen LogP contribution < -0.4 is 10.2 Å². The first kappa shape index (κ1) is 18.2. The van der Waals surface area contributed by atoms with Gasteiger partial charge in [0.2, 0.25) is 5.91 Å². The predicted molar refractivity (Wildman–Crippen MR) is 99.9 cm³/mol. The summed E-state index contributed by atoms with van der Waals surface area (Å²) in [6, 6.07) is 11.7. The summed E-state index contributed by atoms with van der Waals surface area (Å²) in [5, 5.41) is 14.8. The molecule has 0 radical (unpaired) electrons. The number of anilines is 2. The molecule has 1 N–H and O–H groups in total. The van der Waals surface area contributed by atoms with Crippen molar-refractivity contribution in [2.75, 3.05) is 36.5 Å². The van der Waals surface area contributed by atoms with Crippen molar-refractivity contribution in [2.24, 2.45) is 0 Å². The second kappa shape index (κ2) is 8.16. The van der Waals surface area contributed by atoms with Gasteiger partial charge in [0.25, 0.3) is 5.69 Å². The third-order valence-electron chi connectivity index (χ3n) is 4.09. The van der Waals surface area contributed by atoms with Crippen molar-refractivity contribution in [1.82, 2.24) is 0 Å². The Balaban J connectivity index is 1.73. The van der Waals surface area contributed by atoms with Crippen LogP contribution >= 0.6 is 11.6 Å². The maximum Gasteiger partial charge on any atom is 0.294 e. The summed E-state index contributed by atoms with van der Waals surface area (Å²) in [5.74, 6) is -0.249. The van der Waals surface area contributed by atoms with Crippen molar-refractivity contribution in [3.8, 4) is 0 Å². The van der Waals surface area contributed by atoms with Crippen LogP contribution in [0.1, 0.15) is 5.56 Å². The zero-order valence-corrected chi connectivity index (χ0v) is 14.7. The summed E-state index contributed by atoms with van der Waals surface area (Å²) in [6.45, 7) is 2.28. The van der Waals surface area contributed by atoms with E-state index in [-0.39, 0.29) is 18.0 Å². The van der Waals surface area contributed by atoms with E-state index < -0.39 is 4.92 Å². The molecule has 1 saturated heterocycles. The minimum absolute atomic E-state index is 0.0313. The Morgan fingerprint density at radius 2 is 1.88 bits per heavy atom. The highest BCUT2D eigenvalue weighted by Crippen LogP contribution is 2.31. The Morgan fingerprint density at radius 1 is 1.19 bits per heavy atom. The van der Waals surface area contributed by atoms with E-state index in [2.05, 4.69) is 5.32 Å². The second-order valence-electron chi connectivity index (χ2n) is 5.91. The lowest BCUT2D eigenvalue weighted by Gasteiger charge is -2.28. The number of amides is 1. The molecule has 0 unspecified atom stereocenters. The molecule has 0 spiro atoms. The van der Waals surface area contributed by atoms with Crippen LogP contribution in [0.4, 0.5) is 17.1 Å². The molecule has 1 aliphatic rings. The predicted octanol–water partition coefficient (Wildman–Crippen LogP) is 3.27. The fourth-order valence-corrected chi connectivity index (χ4v) is 2.94. The van der Waals surface area contributed by atoms with Gasteiger partial charge in [-0.05, 0) is 29.8 Å². The van der Waals surface area contributed by atoms with Crippen LogP contribution in [0.2, 0.25) is 5.02 Å². The number of morpholine rings is 1. The van der Waals surface area contributed by atoms with E-state index >= 15 is 0 Å². The molecule has 7 nitrogen and oxygen atoms in total. The molecule has 3 rings (SSSR count). The first-order valence-electron chi connectivity index (χ1n) is 8.18. The summed E-state index contributed by atoms with van der Waals surface area (Å²) in [7, 11) is 0. The standard InChI is InChI=1S/C18H18ClN3O4/c19-14-3-1-13(2-4-14)11-18(23)20-15-5-6-16(17(12-15)22(24)25)21-7-9-26-10-8-21/h1-6,12H,7-11H2,(H,20,23). The maximum atomic E-state index is 12.2. The van der Waals surface area contributed by atoms with E-state index in [1.807, 2.05) is 4.90 Å². The molecule has 2 aromatic carbocycles. The number of benzene rings is 2. The molecular weight excluding hydrogens is 358 g/mol. The number of carbonyl (C=O) groups is 1. The molecule has 1 fully saturated rings. The quantitative estimate of drug-likeness (QED) is 0.640. The van der Waals surface area contributed by atoms with Crippen molar-refractivity contribution in [3.05, 3.63) is 63.2 Å². The van der Waals surface area contributed by atoms with Gasteiger partial charge in [0.15, 0.2) is 0 Å². The molecule has 2 aromatic rings. The number of nitrogens with zero attached hydrogens (tertiary/aromatic N) is 2. The van der Waals surface area contributed by atoms with Crippen LogP contribution in [0.3, 0.4) is 0 Å². The molecule has 1 heterocycles. The highest BCUT2D eigenvalue weighted by Gasteiger charge is 2.22. The largest absolute Gasteiger partial charge is 0.378 e. The van der Waals surface area contributed by atoms with Gasteiger partial charge in [-0.15, -0.1) is 0 Å². The molecule has 0 bridgehead atoms. The van der Waals surface area contributed by atoms with Gasteiger partial charge in [-0.1, -0.05) is 23.7 Å². The average molecular weight is 376 g/mol. The first-order chi connectivity index (χ1) is 12.5. The van der Waals surface area contributed by atoms with Crippen molar-refractivity contribution in [3.63, 3.8) is 0 Å². The Hall–Kier alpha value is -2.64. The lowest BCUT2D eigenvalue weighted by atomic mass is 10.1. The van der Waals surface area contributed by atoms with Gasteiger partial charge in [-0.3, -0.25) is 14.9 Å². The van der Waals surface area contributed by atoms with E-state index in [0.29, 0.717) is 42.7 Å². The zero-order chi connectivity index (χ0) is 18.5. The van der Waals surface area contributed by atoms with Gasteiger partial charge in [-0.2, -0.15) is 0 Å². The molecule has 8 heteroatoms. The Bertz CT molecular complexity index is 805. The van der Waals surface area contributed by atoms with Gasteiger partial charge < -0.3 is 15.0 Å². The second-order valence-corrected chi connectivity index (χ2v) is 6.35. The Labute approximate surface area is 155 Å². The van der Waals surface area contributed by atoms with Gasteiger partial charge >= 0.3 is 0 Å². The summed E-state index contributed by atoms with van der Waals surface area (Å²) >= 11 is 5.83. The van der Waals surface area contributed by atoms with Gasteiger partial charge in [0.1, 0.15) is 5.69 Å². The number of hydrogen-bond donors (Lipinski definition) is 1. The number of nitrogens with one attached hydrogen (secondary N) is 1. The molecule has 0 atom stereocenters. The van der Waals surface area contributed by atoms with Gasteiger partial charge in [0, 0.05) is 29.9 Å². The fraction of sp³-hybridized carbons (Fsp3) is 0.278. The highest BCUT2D eigenvalue weighted by molar-refractivity contribution is 6.30. The summed E-state index contributed by atoms with van der Waals surface area (Å²) in [6.07, 6.45) is 0.163. The SMILES string of the molecule is O=C(Cc1ccc(Cl)cc1)Nc1ccc(N2CCOCC2)c([N+](=O)[O-])c1. The van der Waals surface area contributed by atoms with Crippen LogP contribution in [-0.4, -0.2) is 37.1 Å². The minimum atomic E-state index is -0.431. The maximum absolute atomic E-state index is 12.2. The molecule has 0 aliphatic carbocycles. The minimum Gasteiger partial charge on any atom is -0.378 e. The van der Waals surface area contributed by atoms with Crippen LogP contribution in [-0.2, 0) is 16.0 Å².